The molecule has 1 saturated heterocycles. The Morgan fingerprint density at radius 1 is 1.31 bits per heavy atom. The number of aromatic nitrogens is 3. The molecule has 35 heavy (non-hydrogen) atoms. The predicted molar refractivity (Wildman–Crippen MR) is 134 cm³/mol. The first kappa shape index (κ1) is 25.1. The van der Waals surface area contributed by atoms with Crippen LogP contribution in [0, 0.1) is 25.1 Å². The maximum Gasteiger partial charge on any atom is 0.310 e. The molecule has 2 aromatic heterocycles. The molecule has 2 atom stereocenters. The monoisotopic (exact) mass is 499 g/mol. The fourth-order valence-electron chi connectivity index (χ4n) is 4.92. The minimum atomic E-state index is -1.09. The SMILES string of the molecule is CC[C@@H]1CC(Cc2nc(Nc3cc(C)[nH]n3)ccc2F)(C(=O)O)CCN1Cc1cccc(Cl)c1C. The molecule has 7 nitrogen and oxygen atoms in total. The number of halogens is 2. The number of aliphatic carboxylic acids is 1. The van der Waals surface area contributed by atoms with E-state index in [1.54, 1.807) is 0 Å². The quantitative estimate of drug-likeness (QED) is 0.371. The van der Waals surface area contributed by atoms with Crippen molar-refractivity contribution < 1.29 is 14.3 Å². The van der Waals surface area contributed by atoms with Gasteiger partial charge >= 0.3 is 5.97 Å². The third kappa shape index (κ3) is 5.49. The Morgan fingerprint density at radius 3 is 2.80 bits per heavy atom. The second-order valence-electron chi connectivity index (χ2n) is 9.46. The third-order valence-corrected chi connectivity index (χ3v) is 7.49. The first-order chi connectivity index (χ1) is 16.7. The second-order valence-corrected chi connectivity index (χ2v) is 9.87. The number of aromatic amines is 1. The van der Waals surface area contributed by atoms with Crippen molar-refractivity contribution in [2.75, 3.05) is 11.9 Å². The van der Waals surface area contributed by atoms with Gasteiger partial charge in [0.2, 0.25) is 0 Å². The highest BCUT2D eigenvalue weighted by atomic mass is 35.5. The Bertz CT molecular complexity index is 1220. The molecule has 1 aromatic carbocycles. The standard InChI is InChI=1S/C26H31ClFN5O2/c1-4-19-13-26(25(34)35,10-11-33(19)15-18-6-5-7-20(27)17(18)3)14-22-21(28)8-9-23(29-22)30-24-12-16(2)31-32-24/h5-9,12,19H,4,10-11,13-15H2,1-3H3,(H,34,35)(H2,29,30,31,32)/t19-,26?/m1/s1. The molecule has 1 aliphatic rings. The summed E-state index contributed by atoms with van der Waals surface area (Å²) in [6.45, 7) is 7.25. The number of pyridine rings is 1. The number of benzene rings is 1. The van der Waals surface area contributed by atoms with Crippen molar-refractivity contribution in [2.24, 2.45) is 5.41 Å². The summed E-state index contributed by atoms with van der Waals surface area (Å²) in [5.74, 6) is -0.415. The molecule has 0 saturated carbocycles. The molecular weight excluding hydrogens is 469 g/mol. The summed E-state index contributed by atoms with van der Waals surface area (Å²) in [6.07, 6.45) is 1.67. The minimum absolute atomic E-state index is 0.0316. The molecule has 0 bridgehead atoms. The summed E-state index contributed by atoms with van der Waals surface area (Å²) in [5, 5.41) is 21.0. The van der Waals surface area contributed by atoms with Gasteiger partial charge < -0.3 is 10.4 Å². The number of H-pyrrole nitrogens is 1. The number of carboxylic acids is 1. The highest BCUT2D eigenvalue weighted by Crippen LogP contribution is 2.40. The molecular formula is C26H31ClFN5O2. The summed E-state index contributed by atoms with van der Waals surface area (Å²) in [5.41, 5.74) is 2.12. The van der Waals surface area contributed by atoms with Gasteiger partial charge in [-0.2, -0.15) is 5.10 Å². The van der Waals surface area contributed by atoms with E-state index in [9.17, 15) is 14.3 Å². The van der Waals surface area contributed by atoms with Crippen LogP contribution >= 0.6 is 11.6 Å². The van der Waals surface area contributed by atoms with E-state index in [0.717, 1.165) is 28.3 Å². The van der Waals surface area contributed by atoms with Crippen LogP contribution in [-0.2, 0) is 17.8 Å². The van der Waals surface area contributed by atoms with E-state index in [0.29, 0.717) is 37.6 Å². The van der Waals surface area contributed by atoms with Gasteiger partial charge in [-0.1, -0.05) is 30.7 Å². The predicted octanol–water partition coefficient (Wildman–Crippen LogP) is 5.65. The summed E-state index contributed by atoms with van der Waals surface area (Å²) in [4.78, 5) is 19.3. The van der Waals surface area contributed by atoms with Crippen LogP contribution in [0.1, 0.15) is 48.7 Å². The van der Waals surface area contributed by atoms with Crippen molar-refractivity contribution in [2.45, 2.75) is 59.0 Å². The van der Waals surface area contributed by atoms with E-state index < -0.39 is 17.2 Å². The average molecular weight is 500 g/mol. The highest BCUT2D eigenvalue weighted by molar-refractivity contribution is 6.31. The Morgan fingerprint density at radius 2 is 2.11 bits per heavy atom. The van der Waals surface area contributed by atoms with E-state index in [1.165, 1.54) is 12.1 Å². The minimum Gasteiger partial charge on any atom is -0.481 e. The van der Waals surface area contributed by atoms with E-state index >= 15 is 0 Å². The number of hydrogen-bond acceptors (Lipinski definition) is 5. The molecule has 0 amide bonds. The first-order valence-electron chi connectivity index (χ1n) is 11.9. The first-order valence-corrected chi connectivity index (χ1v) is 12.2. The van der Waals surface area contributed by atoms with E-state index in [2.05, 4.69) is 38.4 Å². The molecule has 4 rings (SSSR count). The molecule has 186 valence electrons. The fraction of sp³-hybridized carbons (Fsp3) is 0.423. The Hall–Kier alpha value is -2.97. The zero-order valence-corrected chi connectivity index (χ0v) is 21.0. The van der Waals surface area contributed by atoms with Crippen LogP contribution in [0.5, 0.6) is 0 Å². The maximum absolute atomic E-state index is 14.8. The van der Waals surface area contributed by atoms with Gasteiger partial charge in [0.05, 0.1) is 11.1 Å². The number of aryl methyl sites for hydroxylation is 1. The van der Waals surface area contributed by atoms with Gasteiger partial charge in [0.25, 0.3) is 0 Å². The number of rotatable bonds is 8. The van der Waals surface area contributed by atoms with Crippen molar-refractivity contribution in [3.05, 3.63) is 69.8 Å². The smallest absolute Gasteiger partial charge is 0.310 e. The zero-order valence-electron chi connectivity index (χ0n) is 20.2. The molecule has 1 aliphatic heterocycles. The van der Waals surface area contributed by atoms with Crippen molar-refractivity contribution in [3.63, 3.8) is 0 Å². The number of piperidine rings is 1. The summed E-state index contributed by atoms with van der Waals surface area (Å²) in [7, 11) is 0. The molecule has 1 unspecified atom stereocenters. The topological polar surface area (TPSA) is 94.1 Å². The van der Waals surface area contributed by atoms with Crippen LogP contribution in [0.2, 0.25) is 5.02 Å². The normalized spacial score (nSPS) is 20.7. The fourth-order valence-corrected chi connectivity index (χ4v) is 5.11. The van der Waals surface area contributed by atoms with E-state index in [-0.39, 0.29) is 18.2 Å². The van der Waals surface area contributed by atoms with Gasteiger partial charge in [0.15, 0.2) is 5.82 Å². The number of carbonyl (C=O) groups is 1. The van der Waals surface area contributed by atoms with Crippen LogP contribution in [0.25, 0.3) is 0 Å². The van der Waals surface area contributed by atoms with Crippen molar-refractivity contribution in [1.82, 2.24) is 20.1 Å². The highest BCUT2D eigenvalue weighted by Gasteiger charge is 2.46. The summed E-state index contributed by atoms with van der Waals surface area (Å²) >= 11 is 6.31. The number of anilines is 2. The van der Waals surface area contributed by atoms with Crippen LogP contribution in [0.15, 0.2) is 36.4 Å². The zero-order chi connectivity index (χ0) is 25.2. The third-order valence-electron chi connectivity index (χ3n) is 7.09. The largest absolute Gasteiger partial charge is 0.481 e. The molecule has 3 aromatic rings. The molecule has 1 fully saturated rings. The van der Waals surface area contributed by atoms with Gasteiger partial charge in [-0.3, -0.25) is 14.8 Å². The van der Waals surface area contributed by atoms with Gasteiger partial charge in [-0.15, -0.1) is 0 Å². The molecule has 3 heterocycles. The molecule has 0 aliphatic carbocycles. The molecule has 9 heteroatoms. The van der Waals surface area contributed by atoms with Gasteiger partial charge in [0, 0.05) is 35.8 Å². The van der Waals surface area contributed by atoms with Gasteiger partial charge in [-0.25, -0.2) is 9.37 Å². The van der Waals surface area contributed by atoms with Crippen molar-refractivity contribution >= 4 is 29.2 Å². The van der Waals surface area contributed by atoms with Crippen LogP contribution in [0.3, 0.4) is 0 Å². The molecule has 3 N–H and O–H groups in total. The van der Waals surface area contributed by atoms with E-state index in [4.69, 9.17) is 11.6 Å². The lowest BCUT2D eigenvalue weighted by molar-refractivity contribution is -0.154. The summed E-state index contributed by atoms with van der Waals surface area (Å²) < 4.78 is 14.8. The number of nitrogens with one attached hydrogen (secondary N) is 2. The Kier molecular flexibility index (Phi) is 7.42. The lowest BCUT2D eigenvalue weighted by Crippen LogP contribution is -2.50. The summed E-state index contributed by atoms with van der Waals surface area (Å²) in [6, 6.07) is 10.6. The second kappa shape index (κ2) is 10.3. The maximum atomic E-state index is 14.8. The van der Waals surface area contributed by atoms with Crippen LogP contribution in [-0.4, -0.2) is 43.7 Å². The lowest BCUT2D eigenvalue weighted by atomic mass is 9.71. The number of carboxylic acid groups (broad SMARTS) is 1. The van der Waals surface area contributed by atoms with Crippen molar-refractivity contribution in [1.29, 1.82) is 0 Å². The molecule has 0 spiro atoms. The average Bonchev–Trinajstić information content (AvgIpc) is 3.24. The van der Waals surface area contributed by atoms with Crippen molar-refractivity contribution in [3.8, 4) is 0 Å². The van der Waals surface area contributed by atoms with Gasteiger partial charge in [-0.05, 0) is 69.0 Å². The van der Waals surface area contributed by atoms with E-state index in [1.807, 2.05) is 32.0 Å². The van der Waals surface area contributed by atoms with Gasteiger partial charge in [0.1, 0.15) is 11.6 Å². The lowest BCUT2D eigenvalue weighted by Gasteiger charge is -2.44. The molecule has 0 radical (unpaired) electrons. The van der Waals surface area contributed by atoms with Crippen LogP contribution < -0.4 is 5.32 Å². The Labute approximate surface area is 209 Å². The number of nitrogens with zero attached hydrogens (tertiary/aromatic N) is 3. The number of likely N-dealkylation sites (tertiary alicyclic amines) is 1. The number of hydrogen-bond donors (Lipinski definition) is 3. The Balaban J connectivity index is 1.54. The van der Waals surface area contributed by atoms with Crippen LogP contribution in [0.4, 0.5) is 16.0 Å².